The van der Waals surface area contributed by atoms with E-state index < -0.39 is 0 Å². The number of likely N-dealkylation sites (N-methyl/N-ethyl adjacent to an activating group) is 1. The molecule has 1 aromatic carbocycles. The highest BCUT2D eigenvalue weighted by molar-refractivity contribution is 6.30. The van der Waals surface area contributed by atoms with Crippen molar-refractivity contribution in [3.8, 4) is 0 Å². The van der Waals surface area contributed by atoms with Gasteiger partial charge in [0.1, 0.15) is 0 Å². The maximum Gasteiger partial charge on any atom is 0.307 e. The maximum atomic E-state index is 11.8. The quantitative estimate of drug-likeness (QED) is 0.784. The van der Waals surface area contributed by atoms with Gasteiger partial charge in [0.05, 0.1) is 19.6 Å². The first-order chi connectivity index (χ1) is 9.51. The number of esters is 1. The molecule has 1 amide bonds. The van der Waals surface area contributed by atoms with Crippen molar-refractivity contribution in [2.45, 2.75) is 13.3 Å². The minimum atomic E-state index is -0.255. The Morgan fingerprint density at radius 2 is 2.15 bits per heavy atom. The van der Waals surface area contributed by atoms with Gasteiger partial charge in [-0.05, 0) is 32.2 Å². The molecule has 0 heterocycles. The van der Waals surface area contributed by atoms with Crippen LogP contribution in [0.3, 0.4) is 0 Å². The lowest BCUT2D eigenvalue weighted by molar-refractivity contribution is -0.143. The first-order valence-electron chi connectivity index (χ1n) is 6.41. The van der Waals surface area contributed by atoms with Crippen LogP contribution in [0.4, 0.5) is 5.69 Å². The fourth-order valence-electron chi connectivity index (χ4n) is 1.61. The largest absolute Gasteiger partial charge is 0.466 e. The van der Waals surface area contributed by atoms with Crippen molar-refractivity contribution < 1.29 is 14.3 Å². The molecule has 0 spiro atoms. The summed E-state index contributed by atoms with van der Waals surface area (Å²) >= 11 is 5.84. The molecule has 20 heavy (non-hydrogen) atoms. The van der Waals surface area contributed by atoms with Crippen LogP contribution in [0.15, 0.2) is 24.3 Å². The highest BCUT2D eigenvalue weighted by Gasteiger charge is 2.09. The van der Waals surface area contributed by atoms with E-state index in [1.165, 1.54) is 0 Å². The predicted molar refractivity (Wildman–Crippen MR) is 78.8 cm³/mol. The Kier molecular flexibility index (Phi) is 7.04. The minimum Gasteiger partial charge on any atom is -0.466 e. The molecule has 0 aliphatic heterocycles. The minimum absolute atomic E-state index is 0.154. The summed E-state index contributed by atoms with van der Waals surface area (Å²) in [4.78, 5) is 24.8. The van der Waals surface area contributed by atoms with Gasteiger partial charge in [0.25, 0.3) is 0 Å². The fraction of sp³-hybridized carbons (Fsp3) is 0.429. The van der Waals surface area contributed by atoms with E-state index in [1.807, 2.05) is 0 Å². The summed E-state index contributed by atoms with van der Waals surface area (Å²) in [5.41, 5.74) is 0.654. The molecular formula is C14H19ClN2O3. The number of halogens is 1. The van der Waals surface area contributed by atoms with Crippen LogP contribution in [0.1, 0.15) is 13.3 Å². The number of ether oxygens (including phenoxy) is 1. The molecule has 0 saturated heterocycles. The molecule has 0 atom stereocenters. The topological polar surface area (TPSA) is 58.6 Å². The van der Waals surface area contributed by atoms with E-state index in [4.69, 9.17) is 16.3 Å². The zero-order valence-corrected chi connectivity index (χ0v) is 12.4. The second-order valence-electron chi connectivity index (χ2n) is 4.35. The number of nitrogens with one attached hydrogen (secondary N) is 1. The van der Waals surface area contributed by atoms with E-state index in [-0.39, 0.29) is 24.8 Å². The molecule has 1 aromatic rings. The first-order valence-corrected chi connectivity index (χ1v) is 6.78. The standard InChI is InChI=1S/C14H19ClN2O3/c1-3-20-14(19)7-8-17(2)10-13(18)16-12-6-4-5-11(15)9-12/h4-6,9H,3,7-8,10H2,1-2H3,(H,16,18). The second-order valence-corrected chi connectivity index (χ2v) is 4.79. The van der Waals surface area contributed by atoms with Crippen molar-refractivity contribution in [1.82, 2.24) is 4.90 Å². The average Bonchev–Trinajstić information content (AvgIpc) is 2.36. The van der Waals surface area contributed by atoms with Gasteiger partial charge < -0.3 is 10.1 Å². The van der Waals surface area contributed by atoms with Crippen molar-refractivity contribution >= 4 is 29.2 Å². The Morgan fingerprint density at radius 1 is 1.40 bits per heavy atom. The van der Waals surface area contributed by atoms with Gasteiger partial charge in [-0.2, -0.15) is 0 Å². The summed E-state index contributed by atoms with van der Waals surface area (Å²) in [6, 6.07) is 6.95. The summed E-state index contributed by atoms with van der Waals surface area (Å²) in [5.74, 6) is -0.409. The van der Waals surface area contributed by atoms with Crippen LogP contribution in [-0.2, 0) is 14.3 Å². The summed E-state index contributed by atoms with van der Waals surface area (Å²) in [6.45, 7) is 2.81. The second kappa shape index (κ2) is 8.55. The molecule has 0 bridgehead atoms. The predicted octanol–water partition coefficient (Wildman–Crippen LogP) is 2.16. The Balaban J connectivity index is 2.33. The Labute approximate surface area is 123 Å². The maximum absolute atomic E-state index is 11.8. The van der Waals surface area contributed by atoms with Gasteiger partial charge in [0.15, 0.2) is 0 Å². The molecule has 110 valence electrons. The Morgan fingerprint density at radius 3 is 2.80 bits per heavy atom. The highest BCUT2D eigenvalue weighted by Crippen LogP contribution is 2.14. The van der Waals surface area contributed by atoms with Gasteiger partial charge in [0, 0.05) is 17.3 Å². The number of rotatable bonds is 7. The number of nitrogens with zero attached hydrogens (tertiary/aromatic N) is 1. The van der Waals surface area contributed by atoms with Gasteiger partial charge in [-0.3, -0.25) is 14.5 Å². The molecule has 0 aliphatic carbocycles. The van der Waals surface area contributed by atoms with Gasteiger partial charge in [-0.1, -0.05) is 17.7 Å². The zero-order valence-electron chi connectivity index (χ0n) is 11.7. The van der Waals surface area contributed by atoms with Crippen molar-refractivity contribution in [1.29, 1.82) is 0 Å². The van der Waals surface area contributed by atoms with E-state index in [1.54, 1.807) is 43.1 Å². The van der Waals surface area contributed by atoms with E-state index >= 15 is 0 Å². The Hall–Kier alpha value is -1.59. The lowest BCUT2D eigenvalue weighted by Crippen LogP contribution is -2.32. The molecule has 1 N–H and O–H groups in total. The first kappa shape index (κ1) is 16.5. The number of carbonyl (C=O) groups excluding carboxylic acids is 2. The van der Waals surface area contributed by atoms with E-state index in [9.17, 15) is 9.59 Å². The molecule has 5 nitrogen and oxygen atoms in total. The van der Waals surface area contributed by atoms with Gasteiger partial charge in [-0.25, -0.2) is 0 Å². The van der Waals surface area contributed by atoms with E-state index in [0.717, 1.165) is 0 Å². The highest BCUT2D eigenvalue weighted by atomic mass is 35.5. The molecular weight excluding hydrogens is 280 g/mol. The third-order valence-corrected chi connectivity index (χ3v) is 2.76. The smallest absolute Gasteiger partial charge is 0.307 e. The Bertz CT molecular complexity index is 465. The summed E-state index contributed by atoms with van der Waals surface area (Å²) < 4.78 is 4.83. The van der Waals surface area contributed by atoms with Crippen LogP contribution in [0, 0.1) is 0 Å². The van der Waals surface area contributed by atoms with Crippen LogP contribution in [0.25, 0.3) is 0 Å². The molecule has 0 saturated carbocycles. The number of benzene rings is 1. The van der Waals surface area contributed by atoms with Crippen molar-refractivity contribution in [2.24, 2.45) is 0 Å². The van der Waals surface area contributed by atoms with Crippen molar-refractivity contribution in [3.63, 3.8) is 0 Å². The monoisotopic (exact) mass is 298 g/mol. The van der Waals surface area contributed by atoms with Gasteiger partial charge in [0.2, 0.25) is 5.91 Å². The van der Waals surface area contributed by atoms with E-state index in [2.05, 4.69) is 5.32 Å². The average molecular weight is 299 g/mol. The van der Waals surface area contributed by atoms with Crippen LogP contribution in [0.5, 0.6) is 0 Å². The normalized spacial score (nSPS) is 10.4. The lowest BCUT2D eigenvalue weighted by atomic mass is 10.3. The van der Waals surface area contributed by atoms with Crippen molar-refractivity contribution in [2.75, 3.05) is 32.1 Å². The van der Waals surface area contributed by atoms with Gasteiger partial charge in [-0.15, -0.1) is 0 Å². The summed E-state index contributed by atoms with van der Waals surface area (Å²) in [6.07, 6.45) is 0.273. The molecule has 0 fully saturated rings. The van der Waals surface area contributed by atoms with Crippen LogP contribution < -0.4 is 5.32 Å². The molecule has 0 aromatic heterocycles. The fourth-order valence-corrected chi connectivity index (χ4v) is 1.80. The zero-order chi connectivity index (χ0) is 15.0. The molecule has 0 aliphatic rings. The van der Waals surface area contributed by atoms with Crippen LogP contribution in [0.2, 0.25) is 5.02 Å². The summed E-state index contributed by atoms with van der Waals surface area (Å²) in [7, 11) is 1.77. The lowest BCUT2D eigenvalue weighted by Gasteiger charge is -2.15. The number of anilines is 1. The van der Waals surface area contributed by atoms with Crippen LogP contribution in [-0.4, -0.2) is 43.5 Å². The SMILES string of the molecule is CCOC(=O)CCN(C)CC(=O)Nc1cccc(Cl)c1. The molecule has 0 radical (unpaired) electrons. The van der Waals surface area contributed by atoms with Crippen molar-refractivity contribution in [3.05, 3.63) is 29.3 Å². The number of hydrogen-bond donors (Lipinski definition) is 1. The van der Waals surface area contributed by atoms with E-state index in [0.29, 0.717) is 23.9 Å². The molecule has 6 heteroatoms. The molecule has 0 unspecified atom stereocenters. The number of carbonyl (C=O) groups is 2. The number of hydrogen-bond acceptors (Lipinski definition) is 4. The number of amides is 1. The third-order valence-electron chi connectivity index (χ3n) is 2.52. The summed E-state index contributed by atoms with van der Waals surface area (Å²) in [5, 5.41) is 3.31. The third kappa shape index (κ3) is 6.54. The van der Waals surface area contributed by atoms with Gasteiger partial charge >= 0.3 is 5.97 Å². The van der Waals surface area contributed by atoms with Crippen LogP contribution >= 0.6 is 11.6 Å². The molecule has 1 rings (SSSR count).